The number of hydrogen-bond donors (Lipinski definition) is 0. The fourth-order valence-electron chi connectivity index (χ4n) is 6.62. The van der Waals surface area contributed by atoms with Crippen LogP contribution in [0.3, 0.4) is 0 Å². The summed E-state index contributed by atoms with van der Waals surface area (Å²) < 4.78 is 15.0. The largest absolute Gasteiger partial charge is 0.456 e. The number of nitrogens with zero attached hydrogens (tertiary/aromatic N) is 4. The monoisotopic (exact) mass is 578 g/mol. The molecule has 0 spiro atoms. The van der Waals surface area contributed by atoms with Gasteiger partial charge in [-0.05, 0) is 36.4 Å². The molecule has 10 rings (SSSR count). The van der Waals surface area contributed by atoms with E-state index in [1.807, 2.05) is 84.9 Å². The first-order chi connectivity index (χ1) is 22.3. The van der Waals surface area contributed by atoms with Crippen LogP contribution in [0, 0.1) is 0 Å². The second-order valence-electron chi connectivity index (χ2n) is 11.2. The van der Waals surface area contributed by atoms with Gasteiger partial charge in [-0.3, -0.25) is 4.57 Å². The SMILES string of the molecule is c1ccc(-c2nc(-c3ccccc3)nc(-n3c4ccccc4c4cc5oc6c(ccc7oc8ccccc8c76)c5cc43)n2)cc1. The van der Waals surface area contributed by atoms with Gasteiger partial charge in [-0.25, -0.2) is 4.98 Å². The molecular formula is C39H22N4O2. The Bertz CT molecular complexity index is 2700. The molecule has 0 aliphatic carbocycles. The highest BCUT2D eigenvalue weighted by atomic mass is 16.3. The van der Waals surface area contributed by atoms with Gasteiger partial charge in [0.15, 0.2) is 11.6 Å². The third kappa shape index (κ3) is 3.53. The van der Waals surface area contributed by atoms with Crippen LogP contribution in [-0.2, 0) is 0 Å². The number of para-hydroxylation sites is 2. The summed E-state index contributed by atoms with van der Waals surface area (Å²) in [6, 6.07) is 45.1. The predicted octanol–water partition coefficient (Wildman–Crippen LogP) is 10.1. The summed E-state index contributed by atoms with van der Waals surface area (Å²) in [5, 5.41) is 6.26. The van der Waals surface area contributed by atoms with Crippen molar-refractivity contribution in [3.8, 4) is 28.7 Å². The molecule has 45 heavy (non-hydrogen) atoms. The molecule has 4 heterocycles. The van der Waals surface area contributed by atoms with Crippen molar-refractivity contribution in [3.63, 3.8) is 0 Å². The minimum atomic E-state index is 0.560. The lowest BCUT2D eigenvalue weighted by molar-refractivity contribution is 0.663. The third-order valence-corrected chi connectivity index (χ3v) is 8.66. The van der Waals surface area contributed by atoms with Gasteiger partial charge in [0.2, 0.25) is 5.95 Å². The van der Waals surface area contributed by atoms with E-state index in [1.165, 1.54) is 0 Å². The lowest BCUT2D eigenvalue weighted by atomic mass is 10.1. The molecule has 0 fully saturated rings. The van der Waals surface area contributed by atoms with Crippen molar-refractivity contribution in [2.45, 2.75) is 0 Å². The van der Waals surface area contributed by atoms with Gasteiger partial charge in [0, 0.05) is 38.1 Å². The molecule has 0 atom stereocenters. The highest BCUT2D eigenvalue weighted by Gasteiger charge is 2.21. The van der Waals surface area contributed by atoms with E-state index >= 15 is 0 Å². The molecule has 6 nitrogen and oxygen atoms in total. The fourth-order valence-corrected chi connectivity index (χ4v) is 6.62. The van der Waals surface area contributed by atoms with E-state index in [9.17, 15) is 0 Å². The van der Waals surface area contributed by atoms with Crippen LogP contribution >= 0.6 is 0 Å². The van der Waals surface area contributed by atoms with Crippen LogP contribution in [0.1, 0.15) is 0 Å². The van der Waals surface area contributed by atoms with Gasteiger partial charge in [0.25, 0.3) is 0 Å². The van der Waals surface area contributed by atoms with Crippen molar-refractivity contribution in [1.82, 2.24) is 19.5 Å². The van der Waals surface area contributed by atoms with E-state index in [4.69, 9.17) is 23.8 Å². The zero-order chi connectivity index (χ0) is 29.5. The molecular weight excluding hydrogens is 556 g/mol. The second kappa shape index (κ2) is 9.11. The normalized spacial score (nSPS) is 12.0. The maximum atomic E-state index is 6.65. The van der Waals surface area contributed by atoms with Crippen LogP contribution in [0.5, 0.6) is 0 Å². The molecule has 0 aliphatic rings. The Hall–Kier alpha value is -6.27. The molecule has 4 aromatic heterocycles. The summed E-state index contributed by atoms with van der Waals surface area (Å²) in [4.78, 5) is 15.1. The highest BCUT2D eigenvalue weighted by Crippen LogP contribution is 2.42. The maximum Gasteiger partial charge on any atom is 0.238 e. The van der Waals surface area contributed by atoms with Gasteiger partial charge >= 0.3 is 0 Å². The summed E-state index contributed by atoms with van der Waals surface area (Å²) in [6.07, 6.45) is 0. The van der Waals surface area contributed by atoms with Crippen LogP contribution in [0.4, 0.5) is 0 Å². The van der Waals surface area contributed by atoms with Crippen LogP contribution < -0.4 is 0 Å². The number of fused-ring (bicyclic) bond motifs is 10. The van der Waals surface area contributed by atoms with Crippen LogP contribution in [0.2, 0.25) is 0 Å². The Kier molecular flexibility index (Phi) is 4.90. The highest BCUT2D eigenvalue weighted by molar-refractivity contribution is 6.24. The van der Waals surface area contributed by atoms with Crippen molar-refractivity contribution < 1.29 is 8.83 Å². The van der Waals surface area contributed by atoms with Gasteiger partial charge in [0.1, 0.15) is 22.3 Å². The number of benzene rings is 6. The standard InChI is InChI=1S/C39H22N4O2/c1-3-11-23(12-4-1)37-40-38(24-13-5-2-6-14-24)42-39(41-37)43-30-17-9-7-15-25(30)28-22-34-29(21-31(28)43)26-19-20-33-35(36(26)45-34)27-16-8-10-18-32(27)44-33/h1-22H. The number of aromatic nitrogens is 4. The molecule has 0 N–H and O–H groups in total. The first-order valence-corrected chi connectivity index (χ1v) is 14.9. The molecule has 6 heteroatoms. The number of hydrogen-bond acceptors (Lipinski definition) is 5. The van der Waals surface area contributed by atoms with Crippen molar-refractivity contribution in [3.05, 3.63) is 133 Å². The zero-order valence-electron chi connectivity index (χ0n) is 23.8. The van der Waals surface area contributed by atoms with E-state index < -0.39 is 0 Å². The minimum absolute atomic E-state index is 0.560. The van der Waals surface area contributed by atoms with Crippen LogP contribution in [-0.4, -0.2) is 19.5 Å². The zero-order valence-corrected chi connectivity index (χ0v) is 23.8. The Morgan fingerprint density at radius 1 is 0.422 bits per heavy atom. The predicted molar refractivity (Wildman–Crippen MR) is 180 cm³/mol. The van der Waals surface area contributed by atoms with Gasteiger partial charge < -0.3 is 8.83 Å². The third-order valence-electron chi connectivity index (χ3n) is 8.66. The lowest BCUT2D eigenvalue weighted by Crippen LogP contribution is -2.06. The van der Waals surface area contributed by atoms with Crippen molar-refractivity contribution in [2.24, 2.45) is 0 Å². The summed E-state index contributed by atoms with van der Waals surface area (Å²) in [6.45, 7) is 0. The van der Waals surface area contributed by atoms with E-state index in [-0.39, 0.29) is 0 Å². The number of furan rings is 2. The smallest absolute Gasteiger partial charge is 0.238 e. The Morgan fingerprint density at radius 2 is 1.09 bits per heavy atom. The average molecular weight is 579 g/mol. The maximum absolute atomic E-state index is 6.65. The van der Waals surface area contributed by atoms with Crippen LogP contribution in [0.25, 0.3) is 94.4 Å². The topological polar surface area (TPSA) is 69.9 Å². The molecule has 0 bridgehead atoms. The molecule has 0 amide bonds. The van der Waals surface area contributed by atoms with Gasteiger partial charge in [-0.1, -0.05) is 97.1 Å². The van der Waals surface area contributed by atoms with Crippen molar-refractivity contribution in [2.75, 3.05) is 0 Å². The summed E-state index contributed by atoms with van der Waals surface area (Å²) in [7, 11) is 0. The second-order valence-corrected chi connectivity index (χ2v) is 11.2. The molecule has 10 aromatic rings. The van der Waals surface area contributed by atoms with E-state index in [1.54, 1.807) is 0 Å². The minimum Gasteiger partial charge on any atom is -0.456 e. The molecule has 210 valence electrons. The quantitative estimate of drug-likeness (QED) is 0.209. The van der Waals surface area contributed by atoms with Crippen molar-refractivity contribution in [1.29, 1.82) is 0 Å². The molecule has 0 saturated heterocycles. The lowest BCUT2D eigenvalue weighted by Gasteiger charge is -2.10. The molecule has 0 aliphatic heterocycles. The van der Waals surface area contributed by atoms with Gasteiger partial charge in [-0.15, -0.1) is 0 Å². The summed E-state index contributed by atoms with van der Waals surface area (Å²) >= 11 is 0. The fraction of sp³-hybridized carbons (Fsp3) is 0. The molecule has 0 unspecified atom stereocenters. The first kappa shape index (κ1) is 24.2. The van der Waals surface area contributed by atoms with E-state index in [0.29, 0.717) is 17.6 Å². The Balaban J connectivity index is 1.31. The first-order valence-electron chi connectivity index (χ1n) is 14.9. The summed E-state index contributed by atoms with van der Waals surface area (Å²) in [5.74, 6) is 1.80. The van der Waals surface area contributed by atoms with Crippen molar-refractivity contribution >= 4 is 65.7 Å². The van der Waals surface area contributed by atoms with E-state index in [0.717, 1.165) is 76.8 Å². The summed E-state index contributed by atoms with van der Waals surface area (Å²) in [5.41, 5.74) is 7.18. The van der Waals surface area contributed by atoms with Crippen LogP contribution in [0.15, 0.2) is 142 Å². The Labute approximate surface area is 255 Å². The number of rotatable bonds is 3. The van der Waals surface area contributed by atoms with E-state index in [2.05, 4.69) is 53.1 Å². The molecule has 6 aromatic carbocycles. The van der Waals surface area contributed by atoms with Gasteiger partial charge in [0.05, 0.1) is 16.4 Å². The Morgan fingerprint density at radius 3 is 1.84 bits per heavy atom. The average Bonchev–Trinajstić information content (AvgIpc) is 3.77. The molecule has 0 radical (unpaired) electrons. The molecule has 0 saturated carbocycles. The van der Waals surface area contributed by atoms with Gasteiger partial charge in [-0.2, -0.15) is 9.97 Å².